The van der Waals surface area contributed by atoms with Gasteiger partial charge in [-0.25, -0.2) is 13.8 Å². The second kappa shape index (κ2) is 5.25. The quantitative estimate of drug-likeness (QED) is 0.755. The molecule has 0 fully saturated rings. The second-order valence-corrected chi connectivity index (χ2v) is 5.82. The lowest BCUT2D eigenvalue weighted by Gasteiger charge is -2.01. The third kappa shape index (κ3) is 2.78. The first-order valence-electron chi connectivity index (χ1n) is 6.01. The van der Waals surface area contributed by atoms with Gasteiger partial charge in [-0.2, -0.15) is 0 Å². The summed E-state index contributed by atoms with van der Waals surface area (Å²) in [6.45, 7) is 0. The molecule has 3 rings (SSSR count). The van der Waals surface area contributed by atoms with Crippen LogP contribution in [0, 0.1) is 11.6 Å². The van der Waals surface area contributed by atoms with Crippen LogP contribution in [0.1, 0.15) is 5.89 Å². The number of nitrogens with two attached hydrogens (primary N) is 1. The standard InChI is InChI=1S/C14H10F2N2O2S/c15-8-1-3-10(16)13(5-8)21(19)7-14-18-11-6-9(17)2-4-12(11)20-14/h1-6H,7,17H2. The number of nitrogen functional groups attached to an aromatic ring is 1. The molecule has 0 aliphatic rings. The molecule has 1 heterocycles. The van der Waals surface area contributed by atoms with Gasteiger partial charge in [0.05, 0.1) is 15.7 Å². The number of anilines is 1. The van der Waals surface area contributed by atoms with E-state index in [1.807, 2.05) is 0 Å². The summed E-state index contributed by atoms with van der Waals surface area (Å²) >= 11 is 0. The molecule has 1 unspecified atom stereocenters. The van der Waals surface area contributed by atoms with Gasteiger partial charge in [-0.15, -0.1) is 0 Å². The van der Waals surface area contributed by atoms with Gasteiger partial charge in [-0.1, -0.05) is 0 Å². The van der Waals surface area contributed by atoms with Crippen LogP contribution in [0.15, 0.2) is 45.7 Å². The highest BCUT2D eigenvalue weighted by Gasteiger charge is 2.15. The van der Waals surface area contributed by atoms with Crippen LogP contribution in [0.2, 0.25) is 0 Å². The molecular formula is C14H10F2N2O2S. The van der Waals surface area contributed by atoms with E-state index in [4.69, 9.17) is 10.2 Å². The molecule has 0 bridgehead atoms. The van der Waals surface area contributed by atoms with Gasteiger partial charge in [-0.3, -0.25) is 4.21 Å². The van der Waals surface area contributed by atoms with Crippen molar-refractivity contribution in [3.05, 3.63) is 53.9 Å². The fraction of sp³-hybridized carbons (Fsp3) is 0.0714. The third-order valence-electron chi connectivity index (χ3n) is 2.85. The van der Waals surface area contributed by atoms with Gasteiger partial charge < -0.3 is 10.2 Å². The smallest absolute Gasteiger partial charge is 0.208 e. The number of hydrogen-bond donors (Lipinski definition) is 1. The maximum atomic E-state index is 13.6. The van der Waals surface area contributed by atoms with E-state index >= 15 is 0 Å². The van der Waals surface area contributed by atoms with Crippen molar-refractivity contribution < 1.29 is 17.4 Å². The van der Waals surface area contributed by atoms with Crippen molar-refractivity contribution in [1.29, 1.82) is 0 Å². The number of nitrogens with zero attached hydrogens (tertiary/aromatic N) is 1. The first-order chi connectivity index (χ1) is 10.0. The van der Waals surface area contributed by atoms with Crippen molar-refractivity contribution in [2.75, 3.05) is 5.73 Å². The van der Waals surface area contributed by atoms with Crippen LogP contribution in [0.3, 0.4) is 0 Å². The van der Waals surface area contributed by atoms with E-state index in [1.54, 1.807) is 18.2 Å². The van der Waals surface area contributed by atoms with E-state index in [2.05, 4.69) is 4.98 Å². The van der Waals surface area contributed by atoms with Crippen LogP contribution in [-0.2, 0) is 16.6 Å². The predicted octanol–water partition coefficient (Wildman–Crippen LogP) is 3.00. The summed E-state index contributed by atoms with van der Waals surface area (Å²) in [7, 11) is -1.79. The summed E-state index contributed by atoms with van der Waals surface area (Å²) in [4.78, 5) is 3.92. The lowest BCUT2D eigenvalue weighted by molar-refractivity contribution is 0.549. The highest BCUT2D eigenvalue weighted by atomic mass is 32.2. The molecule has 21 heavy (non-hydrogen) atoms. The minimum absolute atomic E-state index is 0.144. The number of hydrogen-bond acceptors (Lipinski definition) is 4. The molecule has 3 aromatic rings. The maximum absolute atomic E-state index is 13.6. The molecule has 2 N–H and O–H groups in total. The monoisotopic (exact) mass is 308 g/mol. The average molecular weight is 308 g/mol. The topological polar surface area (TPSA) is 69.1 Å². The minimum atomic E-state index is -1.79. The van der Waals surface area contributed by atoms with E-state index in [0.29, 0.717) is 16.8 Å². The van der Waals surface area contributed by atoms with Crippen molar-refractivity contribution >= 4 is 27.6 Å². The van der Waals surface area contributed by atoms with Crippen LogP contribution in [0.5, 0.6) is 0 Å². The Morgan fingerprint density at radius 3 is 2.81 bits per heavy atom. The van der Waals surface area contributed by atoms with Gasteiger partial charge in [-0.05, 0) is 36.4 Å². The summed E-state index contributed by atoms with van der Waals surface area (Å²) in [6, 6.07) is 7.74. The van der Waals surface area contributed by atoms with Crippen molar-refractivity contribution in [1.82, 2.24) is 4.98 Å². The third-order valence-corrected chi connectivity index (χ3v) is 4.16. The molecule has 1 atom stereocenters. The second-order valence-electron chi connectivity index (χ2n) is 4.40. The highest BCUT2D eigenvalue weighted by molar-refractivity contribution is 7.84. The van der Waals surface area contributed by atoms with Crippen LogP contribution < -0.4 is 5.73 Å². The molecule has 1 aromatic heterocycles. The number of rotatable bonds is 3. The largest absolute Gasteiger partial charge is 0.440 e. The molecule has 0 aliphatic carbocycles. The summed E-state index contributed by atoms with van der Waals surface area (Å²) in [6.07, 6.45) is 0. The fourth-order valence-corrected chi connectivity index (χ4v) is 2.93. The van der Waals surface area contributed by atoms with E-state index < -0.39 is 22.4 Å². The van der Waals surface area contributed by atoms with Gasteiger partial charge in [0.25, 0.3) is 0 Å². The number of halogens is 2. The zero-order valence-corrected chi connectivity index (χ0v) is 11.5. The van der Waals surface area contributed by atoms with Crippen LogP contribution in [0.25, 0.3) is 11.1 Å². The van der Waals surface area contributed by atoms with Gasteiger partial charge >= 0.3 is 0 Å². The Morgan fingerprint density at radius 2 is 2.00 bits per heavy atom. The number of fused-ring (bicyclic) bond motifs is 1. The molecule has 0 saturated carbocycles. The zero-order chi connectivity index (χ0) is 15.0. The molecule has 108 valence electrons. The average Bonchev–Trinajstić information content (AvgIpc) is 2.82. The number of oxazole rings is 1. The normalized spacial score (nSPS) is 12.7. The SMILES string of the molecule is Nc1ccc2oc(CS(=O)c3cc(F)ccc3F)nc2c1. The molecule has 0 aliphatic heterocycles. The van der Waals surface area contributed by atoms with Crippen molar-refractivity contribution in [3.8, 4) is 0 Å². The first kappa shape index (κ1) is 13.7. The van der Waals surface area contributed by atoms with Crippen LogP contribution in [-0.4, -0.2) is 9.19 Å². The zero-order valence-electron chi connectivity index (χ0n) is 10.7. The van der Waals surface area contributed by atoms with Crippen molar-refractivity contribution in [3.63, 3.8) is 0 Å². The molecule has 7 heteroatoms. The molecule has 0 radical (unpaired) electrons. The van der Waals surface area contributed by atoms with Gasteiger partial charge in [0.2, 0.25) is 5.89 Å². The molecule has 0 spiro atoms. The summed E-state index contributed by atoms with van der Waals surface area (Å²) in [5, 5.41) is 0. The van der Waals surface area contributed by atoms with Crippen molar-refractivity contribution in [2.24, 2.45) is 0 Å². The van der Waals surface area contributed by atoms with Crippen molar-refractivity contribution in [2.45, 2.75) is 10.6 Å². The highest BCUT2D eigenvalue weighted by Crippen LogP contribution is 2.21. The predicted molar refractivity (Wildman–Crippen MR) is 74.9 cm³/mol. The Labute approximate surface area is 121 Å². The Bertz CT molecular complexity index is 848. The van der Waals surface area contributed by atoms with E-state index in [-0.39, 0.29) is 16.5 Å². The summed E-state index contributed by atoms with van der Waals surface area (Å²) in [5.41, 5.74) is 7.18. The summed E-state index contributed by atoms with van der Waals surface area (Å²) < 4.78 is 44.2. The van der Waals surface area contributed by atoms with E-state index in [9.17, 15) is 13.0 Å². The molecule has 0 amide bonds. The van der Waals surface area contributed by atoms with Gasteiger partial charge in [0, 0.05) is 5.69 Å². The van der Waals surface area contributed by atoms with Crippen LogP contribution >= 0.6 is 0 Å². The lowest BCUT2D eigenvalue weighted by Crippen LogP contribution is -2.00. The lowest BCUT2D eigenvalue weighted by atomic mass is 10.3. The fourth-order valence-electron chi connectivity index (χ4n) is 1.90. The molecule has 0 saturated heterocycles. The molecular weight excluding hydrogens is 298 g/mol. The molecule has 4 nitrogen and oxygen atoms in total. The minimum Gasteiger partial charge on any atom is -0.440 e. The number of benzene rings is 2. The number of aromatic nitrogens is 1. The first-order valence-corrected chi connectivity index (χ1v) is 7.33. The van der Waals surface area contributed by atoms with Gasteiger partial charge in [0.15, 0.2) is 5.58 Å². The summed E-state index contributed by atoms with van der Waals surface area (Å²) in [5.74, 6) is -1.34. The Balaban J connectivity index is 1.90. The Kier molecular flexibility index (Phi) is 3.42. The van der Waals surface area contributed by atoms with Gasteiger partial charge in [0.1, 0.15) is 22.9 Å². The van der Waals surface area contributed by atoms with E-state index in [0.717, 1.165) is 18.2 Å². The van der Waals surface area contributed by atoms with E-state index in [1.165, 1.54) is 0 Å². The van der Waals surface area contributed by atoms with Crippen LogP contribution in [0.4, 0.5) is 14.5 Å². The maximum Gasteiger partial charge on any atom is 0.208 e. The Morgan fingerprint density at radius 1 is 1.19 bits per heavy atom. The molecule has 2 aromatic carbocycles. The Hall–Kier alpha value is -2.28.